The van der Waals surface area contributed by atoms with E-state index in [0.717, 1.165) is 18.4 Å². The Morgan fingerprint density at radius 1 is 1.05 bits per heavy atom. The van der Waals surface area contributed by atoms with Gasteiger partial charge in [-0.05, 0) is 67.6 Å². The molecule has 1 aliphatic carbocycles. The molecule has 1 aliphatic rings. The van der Waals surface area contributed by atoms with Gasteiger partial charge >= 0.3 is 0 Å². The van der Waals surface area contributed by atoms with E-state index in [4.69, 9.17) is 11.6 Å². The molecule has 0 saturated heterocycles. The summed E-state index contributed by atoms with van der Waals surface area (Å²) in [6.45, 7) is 0. The smallest absolute Gasteiger partial charge is 0.128 e. The summed E-state index contributed by atoms with van der Waals surface area (Å²) in [5, 5.41) is 3.77. The van der Waals surface area contributed by atoms with Crippen molar-refractivity contribution in [3.63, 3.8) is 0 Å². The van der Waals surface area contributed by atoms with Gasteiger partial charge in [-0.15, -0.1) is 0 Å². The predicted molar refractivity (Wildman–Crippen MR) is 85.4 cm³/mol. The van der Waals surface area contributed by atoms with Crippen LogP contribution in [0, 0.1) is 5.82 Å². The summed E-state index contributed by atoms with van der Waals surface area (Å²) in [6, 6.07) is 11.1. The highest BCUT2D eigenvalue weighted by atomic mass is 35.5. The Bertz CT molecular complexity index is 654. The fourth-order valence-corrected chi connectivity index (χ4v) is 3.35. The SMILES string of the molecule is CNC(c1ccc2c(c1)CCCC2)c1cc(Cl)ccc1F. The second-order valence-corrected chi connectivity index (χ2v) is 6.06. The first-order chi connectivity index (χ1) is 10.2. The van der Waals surface area contributed by atoms with Gasteiger partial charge in [0.05, 0.1) is 6.04 Å². The normalized spacial score (nSPS) is 15.6. The zero-order valence-electron chi connectivity index (χ0n) is 12.1. The zero-order chi connectivity index (χ0) is 14.8. The molecule has 21 heavy (non-hydrogen) atoms. The molecule has 1 atom stereocenters. The van der Waals surface area contributed by atoms with Crippen LogP contribution in [-0.4, -0.2) is 7.05 Å². The molecule has 0 spiro atoms. The second kappa shape index (κ2) is 6.17. The van der Waals surface area contributed by atoms with Crippen molar-refractivity contribution in [2.24, 2.45) is 0 Å². The van der Waals surface area contributed by atoms with Crippen LogP contribution in [0.5, 0.6) is 0 Å². The minimum absolute atomic E-state index is 0.170. The number of fused-ring (bicyclic) bond motifs is 1. The minimum atomic E-state index is -0.225. The van der Waals surface area contributed by atoms with E-state index in [1.807, 2.05) is 7.05 Å². The third kappa shape index (κ3) is 2.97. The van der Waals surface area contributed by atoms with Crippen molar-refractivity contribution >= 4 is 11.6 Å². The van der Waals surface area contributed by atoms with Crippen LogP contribution in [0.1, 0.15) is 41.1 Å². The zero-order valence-corrected chi connectivity index (χ0v) is 12.9. The van der Waals surface area contributed by atoms with Gasteiger partial charge in [-0.1, -0.05) is 29.8 Å². The van der Waals surface area contributed by atoms with Crippen molar-refractivity contribution in [2.75, 3.05) is 7.05 Å². The Labute approximate surface area is 130 Å². The van der Waals surface area contributed by atoms with Gasteiger partial charge in [0, 0.05) is 10.6 Å². The highest BCUT2D eigenvalue weighted by molar-refractivity contribution is 6.30. The van der Waals surface area contributed by atoms with Gasteiger partial charge < -0.3 is 5.32 Å². The first-order valence-electron chi connectivity index (χ1n) is 7.43. The topological polar surface area (TPSA) is 12.0 Å². The quantitative estimate of drug-likeness (QED) is 0.869. The summed E-state index contributed by atoms with van der Waals surface area (Å²) in [7, 11) is 1.85. The van der Waals surface area contributed by atoms with Crippen LogP contribution < -0.4 is 5.32 Å². The molecule has 2 aromatic carbocycles. The number of nitrogens with one attached hydrogen (secondary N) is 1. The monoisotopic (exact) mass is 303 g/mol. The van der Waals surface area contributed by atoms with Crippen molar-refractivity contribution in [3.8, 4) is 0 Å². The van der Waals surface area contributed by atoms with E-state index in [1.165, 1.54) is 30.0 Å². The average molecular weight is 304 g/mol. The summed E-state index contributed by atoms with van der Waals surface area (Å²) in [6.07, 6.45) is 4.79. The third-order valence-electron chi connectivity index (χ3n) is 4.26. The van der Waals surface area contributed by atoms with Gasteiger partial charge in [-0.2, -0.15) is 0 Å². The molecule has 0 amide bonds. The van der Waals surface area contributed by atoms with Gasteiger partial charge in [0.1, 0.15) is 5.82 Å². The van der Waals surface area contributed by atoms with Crippen LogP contribution in [-0.2, 0) is 12.8 Å². The van der Waals surface area contributed by atoms with Gasteiger partial charge in [-0.3, -0.25) is 0 Å². The Kier molecular flexibility index (Phi) is 4.27. The maximum Gasteiger partial charge on any atom is 0.128 e. The highest BCUT2D eigenvalue weighted by Crippen LogP contribution is 2.30. The fourth-order valence-electron chi connectivity index (χ4n) is 3.17. The summed E-state index contributed by atoms with van der Waals surface area (Å²) < 4.78 is 14.1. The number of rotatable bonds is 3. The molecule has 0 radical (unpaired) electrons. The molecule has 2 aromatic rings. The maximum absolute atomic E-state index is 14.1. The van der Waals surface area contributed by atoms with E-state index < -0.39 is 0 Å². The molecular formula is C18H19ClFN. The van der Waals surface area contributed by atoms with E-state index in [9.17, 15) is 4.39 Å². The van der Waals surface area contributed by atoms with Gasteiger partial charge in [0.15, 0.2) is 0 Å². The van der Waals surface area contributed by atoms with E-state index in [1.54, 1.807) is 12.1 Å². The molecule has 1 unspecified atom stereocenters. The first kappa shape index (κ1) is 14.6. The van der Waals surface area contributed by atoms with Crippen LogP contribution in [0.4, 0.5) is 4.39 Å². The van der Waals surface area contributed by atoms with Crippen LogP contribution in [0.25, 0.3) is 0 Å². The lowest BCUT2D eigenvalue weighted by Gasteiger charge is -2.22. The van der Waals surface area contributed by atoms with E-state index >= 15 is 0 Å². The number of hydrogen-bond acceptors (Lipinski definition) is 1. The van der Waals surface area contributed by atoms with E-state index in [-0.39, 0.29) is 11.9 Å². The molecule has 0 fully saturated rings. The van der Waals surface area contributed by atoms with E-state index in [2.05, 4.69) is 23.5 Å². The van der Waals surface area contributed by atoms with Crippen molar-refractivity contribution in [2.45, 2.75) is 31.7 Å². The minimum Gasteiger partial charge on any atom is -0.309 e. The molecule has 0 bridgehead atoms. The van der Waals surface area contributed by atoms with Crippen LogP contribution in [0.3, 0.4) is 0 Å². The molecular weight excluding hydrogens is 285 g/mol. The Morgan fingerprint density at radius 3 is 2.57 bits per heavy atom. The molecule has 0 aliphatic heterocycles. The standard InChI is InChI=1S/C18H19ClFN/c1-21-18(16-11-15(19)8-9-17(16)20)14-7-6-12-4-2-3-5-13(12)10-14/h6-11,18,21H,2-5H2,1H3. The first-order valence-corrected chi connectivity index (χ1v) is 7.81. The largest absolute Gasteiger partial charge is 0.309 e. The lowest BCUT2D eigenvalue weighted by Crippen LogP contribution is -2.19. The third-order valence-corrected chi connectivity index (χ3v) is 4.50. The molecule has 0 heterocycles. The Hall–Kier alpha value is -1.38. The summed E-state index contributed by atoms with van der Waals surface area (Å²) >= 11 is 6.03. The van der Waals surface area contributed by atoms with Crippen molar-refractivity contribution in [3.05, 3.63) is 69.5 Å². The Balaban J connectivity index is 2.01. The maximum atomic E-state index is 14.1. The molecule has 3 heteroatoms. The second-order valence-electron chi connectivity index (χ2n) is 5.62. The van der Waals surface area contributed by atoms with Gasteiger partial charge in [0.2, 0.25) is 0 Å². The van der Waals surface area contributed by atoms with Crippen LogP contribution in [0.15, 0.2) is 36.4 Å². The summed E-state index contributed by atoms with van der Waals surface area (Å²) in [5.74, 6) is -0.225. The summed E-state index contributed by atoms with van der Waals surface area (Å²) in [4.78, 5) is 0. The molecule has 0 saturated carbocycles. The van der Waals surface area contributed by atoms with Crippen molar-refractivity contribution in [1.29, 1.82) is 0 Å². The fraction of sp³-hybridized carbons (Fsp3) is 0.333. The van der Waals surface area contributed by atoms with E-state index in [0.29, 0.717) is 10.6 Å². The number of halogens is 2. The lowest BCUT2D eigenvalue weighted by atomic mass is 9.88. The molecule has 1 N–H and O–H groups in total. The predicted octanol–water partition coefficient (Wildman–Crippen LogP) is 4.67. The lowest BCUT2D eigenvalue weighted by molar-refractivity contribution is 0.575. The number of hydrogen-bond donors (Lipinski definition) is 1. The number of aryl methyl sites for hydroxylation is 2. The van der Waals surface area contributed by atoms with Crippen molar-refractivity contribution in [1.82, 2.24) is 5.32 Å². The van der Waals surface area contributed by atoms with Gasteiger partial charge in [-0.25, -0.2) is 4.39 Å². The van der Waals surface area contributed by atoms with Crippen LogP contribution in [0.2, 0.25) is 5.02 Å². The average Bonchev–Trinajstić information content (AvgIpc) is 2.51. The van der Waals surface area contributed by atoms with Crippen LogP contribution >= 0.6 is 11.6 Å². The molecule has 1 nitrogen and oxygen atoms in total. The molecule has 0 aromatic heterocycles. The molecule has 110 valence electrons. The molecule has 3 rings (SSSR count). The number of benzene rings is 2. The highest BCUT2D eigenvalue weighted by Gasteiger charge is 2.18. The van der Waals surface area contributed by atoms with Crippen molar-refractivity contribution < 1.29 is 4.39 Å². The van der Waals surface area contributed by atoms with Gasteiger partial charge in [0.25, 0.3) is 0 Å². The Morgan fingerprint density at radius 2 is 1.81 bits per heavy atom. The summed E-state index contributed by atoms with van der Waals surface area (Å²) in [5.41, 5.74) is 4.54.